The summed E-state index contributed by atoms with van der Waals surface area (Å²) in [6, 6.07) is 11.5. The molecule has 5 heteroatoms. The van der Waals surface area contributed by atoms with Crippen molar-refractivity contribution in [3.8, 4) is 6.07 Å². The third-order valence-corrected chi connectivity index (χ3v) is 6.26. The summed E-state index contributed by atoms with van der Waals surface area (Å²) in [4.78, 5) is 16.4. The molecule has 1 amide bonds. The van der Waals surface area contributed by atoms with E-state index < -0.39 is 0 Å². The van der Waals surface area contributed by atoms with Gasteiger partial charge in [-0.25, -0.2) is 4.79 Å². The minimum atomic E-state index is -0.343. The summed E-state index contributed by atoms with van der Waals surface area (Å²) in [7, 11) is 0. The minimum absolute atomic E-state index is 0.189. The van der Waals surface area contributed by atoms with Crippen LogP contribution in [0, 0.1) is 18.3 Å². The molecule has 1 aromatic rings. The Morgan fingerprint density at radius 1 is 1.22 bits per heavy atom. The molecule has 0 unspecified atom stereocenters. The number of nitriles is 1. The first-order valence-corrected chi connectivity index (χ1v) is 10.2. The van der Waals surface area contributed by atoms with E-state index in [1.165, 1.54) is 11.1 Å². The molecule has 0 bridgehead atoms. The van der Waals surface area contributed by atoms with Gasteiger partial charge in [-0.1, -0.05) is 24.3 Å². The zero-order valence-electron chi connectivity index (χ0n) is 16.6. The zero-order chi connectivity index (χ0) is 19.3. The number of carbonyl (C=O) groups excluding carboxylic acids is 1. The van der Waals surface area contributed by atoms with Gasteiger partial charge in [-0.3, -0.25) is 4.90 Å². The van der Waals surface area contributed by atoms with Crippen LogP contribution in [0.2, 0.25) is 0 Å². The lowest BCUT2D eigenvalue weighted by molar-refractivity contribution is 0.104. The molecule has 0 radical (unpaired) electrons. The number of carbonyl (C=O) groups is 1. The van der Waals surface area contributed by atoms with Gasteiger partial charge >= 0.3 is 6.09 Å². The Bertz CT molecular complexity index is 689. The predicted octanol–water partition coefficient (Wildman–Crippen LogP) is 3.86. The van der Waals surface area contributed by atoms with Crippen LogP contribution >= 0.6 is 0 Å². The highest BCUT2D eigenvalue weighted by atomic mass is 16.6. The monoisotopic (exact) mass is 369 g/mol. The molecule has 0 atom stereocenters. The van der Waals surface area contributed by atoms with E-state index >= 15 is 0 Å². The molecule has 1 heterocycles. The maximum Gasteiger partial charge on any atom is 0.409 e. The SMILES string of the molecule is CCOC(=O)N1CCCN(C2CCC(C#N)(c3ccccc3C)CC2)CC1. The highest BCUT2D eigenvalue weighted by Gasteiger charge is 2.39. The first kappa shape index (κ1) is 19.7. The highest BCUT2D eigenvalue weighted by Crippen LogP contribution is 2.41. The van der Waals surface area contributed by atoms with Gasteiger partial charge < -0.3 is 9.64 Å². The first-order chi connectivity index (χ1) is 13.1. The fourth-order valence-corrected chi connectivity index (χ4v) is 4.71. The van der Waals surface area contributed by atoms with Crippen molar-refractivity contribution in [1.29, 1.82) is 5.26 Å². The Morgan fingerprint density at radius 3 is 2.63 bits per heavy atom. The second-order valence-corrected chi connectivity index (χ2v) is 7.82. The highest BCUT2D eigenvalue weighted by molar-refractivity contribution is 5.67. The fraction of sp³-hybridized carbons (Fsp3) is 0.636. The van der Waals surface area contributed by atoms with Crippen LogP contribution in [0.25, 0.3) is 0 Å². The van der Waals surface area contributed by atoms with Gasteiger partial charge in [0.2, 0.25) is 0 Å². The lowest BCUT2D eigenvalue weighted by Crippen LogP contribution is -2.44. The second-order valence-electron chi connectivity index (χ2n) is 7.82. The summed E-state index contributed by atoms with van der Waals surface area (Å²) in [6.07, 6.45) is 4.71. The van der Waals surface area contributed by atoms with Crippen LogP contribution in [-0.4, -0.2) is 54.7 Å². The largest absolute Gasteiger partial charge is 0.450 e. The molecular weight excluding hydrogens is 338 g/mol. The van der Waals surface area contributed by atoms with E-state index in [4.69, 9.17) is 4.74 Å². The van der Waals surface area contributed by atoms with Gasteiger partial charge in [0.05, 0.1) is 18.1 Å². The predicted molar refractivity (Wildman–Crippen MR) is 106 cm³/mol. The summed E-state index contributed by atoms with van der Waals surface area (Å²) < 4.78 is 5.15. The normalized spacial score (nSPS) is 26.9. The number of aryl methyl sites for hydroxylation is 1. The van der Waals surface area contributed by atoms with Crippen molar-refractivity contribution in [3.63, 3.8) is 0 Å². The lowest BCUT2D eigenvalue weighted by Gasteiger charge is -2.40. The van der Waals surface area contributed by atoms with Gasteiger partial charge in [-0.05, 0) is 57.1 Å². The first-order valence-electron chi connectivity index (χ1n) is 10.2. The Hall–Kier alpha value is -2.06. The quantitative estimate of drug-likeness (QED) is 0.812. The fourth-order valence-electron chi connectivity index (χ4n) is 4.71. The summed E-state index contributed by atoms with van der Waals surface area (Å²) in [6.45, 7) is 7.80. The summed E-state index contributed by atoms with van der Waals surface area (Å²) in [5.41, 5.74) is 2.08. The van der Waals surface area contributed by atoms with Crippen molar-refractivity contribution in [1.82, 2.24) is 9.80 Å². The van der Waals surface area contributed by atoms with Gasteiger partial charge in [-0.2, -0.15) is 5.26 Å². The average molecular weight is 370 g/mol. The molecule has 1 aliphatic carbocycles. The third kappa shape index (κ3) is 4.27. The van der Waals surface area contributed by atoms with Gasteiger partial charge in [0.15, 0.2) is 0 Å². The molecule has 0 N–H and O–H groups in total. The van der Waals surface area contributed by atoms with E-state index in [0.717, 1.165) is 58.3 Å². The van der Waals surface area contributed by atoms with E-state index in [1.807, 2.05) is 24.0 Å². The Balaban J connectivity index is 1.61. The van der Waals surface area contributed by atoms with Crippen molar-refractivity contribution >= 4 is 6.09 Å². The van der Waals surface area contributed by atoms with Crippen molar-refractivity contribution < 1.29 is 9.53 Å². The van der Waals surface area contributed by atoms with Gasteiger partial charge in [-0.15, -0.1) is 0 Å². The number of ether oxygens (including phenoxy) is 1. The number of amides is 1. The maximum absolute atomic E-state index is 12.0. The molecule has 3 rings (SSSR count). The van der Waals surface area contributed by atoms with Crippen LogP contribution in [0.1, 0.15) is 50.2 Å². The number of hydrogen-bond acceptors (Lipinski definition) is 4. The molecule has 5 nitrogen and oxygen atoms in total. The Morgan fingerprint density at radius 2 is 1.96 bits per heavy atom. The van der Waals surface area contributed by atoms with Gasteiger partial charge in [0.1, 0.15) is 0 Å². The molecular formula is C22H31N3O2. The molecule has 27 heavy (non-hydrogen) atoms. The van der Waals surface area contributed by atoms with Crippen LogP contribution in [0.4, 0.5) is 4.79 Å². The molecule has 2 aliphatic rings. The van der Waals surface area contributed by atoms with Crippen LogP contribution in [-0.2, 0) is 10.2 Å². The van der Waals surface area contributed by atoms with Crippen molar-refractivity contribution in [2.75, 3.05) is 32.8 Å². The van der Waals surface area contributed by atoms with E-state index in [-0.39, 0.29) is 11.5 Å². The van der Waals surface area contributed by atoms with Gasteiger partial charge in [0, 0.05) is 32.2 Å². The molecule has 0 aromatic heterocycles. The smallest absolute Gasteiger partial charge is 0.409 e. The average Bonchev–Trinajstić information content (AvgIpc) is 2.95. The summed E-state index contributed by atoms with van der Waals surface area (Å²) in [5, 5.41) is 9.99. The number of hydrogen-bond donors (Lipinski definition) is 0. The summed E-state index contributed by atoms with van der Waals surface area (Å²) in [5.74, 6) is 0. The minimum Gasteiger partial charge on any atom is -0.450 e. The topological polar surface area (TPSA) is 56.6 Å². The number of rotatable bonds is 3. The van der Waals surface area contributed by atoms with E-state index in [9.17, 15) is 10.1 Å². The molecule has 1 saturated carbocycles. The summed E-state index contributed by atoms with van der Waals surface area (Å²) >= 11 is 0. The van der Waals surface area contributed by atoms with E-state index in [1.54, 1.807) is 0 Å². The standard InChI is InChI=1S/C22H31N3O2/c1-3-27-21(26)25-14-6-13-24(15-16-25)19-9-11-22(17-23,12-10-19)20-8-5-4-7-18(20)2/h4-5,7-8,19H,3,6,9-16H2,1-2H3. The van der Waals surface area contributed by atoms with Gasteiger partial charge in [0.25, 0.3) is 0 Å². The molecule has 1 aliphatic heterocycles. The maximum atomic E-state index is 12.0. The van der Waals surface area contributed by atoms with Crippen LogP contribution in [0.15, 0.2) is 24.3 Å². The number of benzene rings is 1. The molecule has 0 spiro atoms. The molecule has 146 valence electrons. The second kappa shape index (κ2) is 8.75. The Kier molecular flexibility index (Phi) is 6.38. The molecule has 1 saturated heterocycles. The Labute approximate surface area is 162 Å². The van der Waals surface area contributed by atoms with Crippen LogP contribution < -0.4 is 0 Å². The molecule has 1 aromatic carbocycles. The zero-order valence-corrected chi connectivity index (χ0v) is 16.6. The van der Waals surface area contributed by atoms with E-state index in [0.29, 0.717) is 12.6 Å². The van der Waals surface area contributed by atoms with Crippen LogP contribution in [0.3, 0.4) is 0 Å². The lowest BCUT2D eigenvalue weighted by atomic mass is 9.68. The van der Waals surface area contributed by atoms with Crippen molar-refractivity contribution in [2.24, 2.45) is 0 Å². The third-order valence-electron chi connectivity index (χ3n) is 6.26. The number of nitrogens with zero attached hydrogens (tertiary/aromatic N) is 3. The molecule has 2 fully saturated rings. The van der Waals surface area contributed by atoms with Crippen molar-refractivity contribution in [2.45, 2.75) is 57.4 Å². The van der Waals surface area contributed by atoms with Crippen molar-refractivity contribution in [3.05, 3.63) is 35.4 Å². The van der Waals surface area contributed by atoms with E-state index in [2.05, 4.69) is 30.0 Å². The van der Waals surface area contributed by atoms with Crippen LogP contribution in [0.5, 0.6) is 0 Å².